The summed E-state index contributed by atoms with van der Waals surface area (Å²) in [5, 5.41) is 0. The zero-order chi connectivity index (χ0) is 15.3. The lowest BCUT2D eigenvalue weighted by Crippen LogP contribution is -2.23. The van der Waals surface area contributed by atoms with Crippen LogP contribution in [0.15, 0.2) is 54.6 Å². The minimum absolute atomic E-state index is 0.163. The molecule has 5 heteroatoms. The smallest absolute Gasteiger partial charge is 0.370 e. The van der Waals surface area contributed by atoms with Gasteiger partial charge >= 0.3 is 6.18 Å². The summed E-state index contributed by atoms with van der Waals surface area (Å²) in [5.41, 5.74) is 8.67. The summed E-state index contributed by atoms with van der Waals surface area (Å²) in [6.07, 6.45) is -4.32. The van der Waals surface area contributed by atoms with Gasteiger partial charge < -0.3 is 10.5 Å². The Morgan fingerprint density at radius 2 is 1.48 bits per heavy atom. The third-order valence-corrected chi connectivity index (χ3v) is 3.01. The molecule has 2 aromatic rings. The largest absolute Gasteiger partial charge is 0.411 e. The SMILES string of the molecule is NC(COCC(F)(F)F)c1ccc(-c2ccccc2)cc1. The zero-order valence-corrected chi connectivity index (χ0v) is 11.3. The predicted molar refractivity (Wildman–Crippen MR) is 75.7 cm³/mol. The Morgan fingerprint density at radius 1 is 0.905 bits per heavy atom. The molecule has 0 aliphatic carbocycles. The molecule has 0 amide bonds. The van der Waals surface area contributed by atoms with E-state index >= 15 is 0 Å². The highest BCUT2D eigenvalue weighted by molar-refractivity contribution is 5.63. The first-order chi connectivity index (χ1) is 9.96. The highest BCUT2D eigenvalue weighted by atomic mass is 19.4. The first kappa shape index (κ1) is 15.5. The molecule has 0 bridgehead atoms. The summed E-state index contributed by atoms with van der Waals surface area (Å²) >= 11 is 0. The fraction of sp³-hybridized carbons (Fsp3) is 0.250. The van der Waals surface area contributed by atoms with Crippen LogP contribution in [0, 0.1) is 0 Å². The molecule has 0 radical (unpaired) electrons. The summed E-state index contributed by atoms with van der Waals surface area (Å²) in [5.74, 6) is 0. The Hall–Kier alpha value is -1.85. The standard InChI is InChI=1S/C16H16F3NO/c17-16(18,19)11-21-10-15(20)14-8-6-13(7-9-14)12-4-2-1-3-5-12/h1-9,15H,10-11,20H2. The van der Waals surface area contributed by atoms with Crippen LogP contribution in [0.1, 0.15) is 11.6 Å². The monoisotopic (exact) mass is 295 g/mol. The maximum absolute atomic E-state index is 12.0. The molecular formula is C16H16F3NO. The van der Waals surface area contributed by atoms with Crippen molar-refractivity contribution in [3.05, 3.63) is 60.2 Å². The number of rotatable bonds is 5. The van der Waals surface area contributed by atoms with Gasteiger partial charge in [0.2, 0.25) is 0 Å². The molecule has 0 aliphatic heterocycles. The zero-order valence-electron chi connectivity index (χ0n) is 11.3. The van der Waals surface area contributed by atoms with Crippen LogP contribution in [0.5, 0.6) is 0 Å². The summed E-state index contributed by atoms with van der Waals surface area (Å²) in [7, 11) is 0. The van der Waals surface area contributed by atoms with E-state index < -0.39 is 18.8 Å². The van der Waals surface area contributed by atoms with Crippen LogP contribution in [0.25, 0.3) is 11.1 Å². The summed E-state index contributed by atoms with van der Waals surface area (Å²) in [6, 6.07) is 16.6. The number of halogens is 3. The van der Waals surface area contributed by atoms with Gasteiger partial charge in [-0.2, -0.15) is 13.2 Å². The molecule has 2 nitrogen and oxygen atoms in total. The first-order valence-electron chi connectivity index (χ1n) is 6.51. The van der Waals surface area contributed by atoms with Gasteiger partial charge in [-0.3, -0.25) is 0 Å². The number of nitrogens with two attached hydrogens (primary N) is 1. The number of alkyl halides is 3. The van der Waals surface area contributed by atoms with Gasteiger partial charge in [-0.25, -0.2) is 0 Å². The number of ether oxygens (including phenoxy) is 1. The van der Waals surface area contributed by atoms with Gasteiger partial charge in [0.1, 0.15) is 6.61 Å². The van der Waals surface area contributed by atoms with Crippen molar-refractivity contribution in [3.63, 3.8) is 0 Å². The van der Waals surface area contributed by atoms with Crippen molar-refractivity contribution in [2.24, 2.45) is 5.73 Å². The molecule has 0 saturated heterocycles. The van der Waals surface area contributed by atoms with Gasteiger partial charge in [0.05, 0.1) is 12.6 Å². The molecule has 2 N–H and O–H groups in total. The van der Waals surface area contributed by atoms with Gasteiger partial charge in [-0.1, -0.05) is 54.6 Å². The lowest BCUT2D eigenvalue weighted by molar-refractivity contribution is -0.174. The van der Waals surface area contributed by atoms with Gasteiger partial charge in [0.15, 0.2) is 0 Å². The Labute approximate surface area is 121 Å². The second-order valence-corrected chi connectivity index (χ2v) is 4.72. The van der Waals surface area contributed by atoms with Crippen molar-refractivity contribution in [2.45, 2.75) is 12.2 Å². The van der Waals surface area contributed by atoms with Crippen LogP contribution in [-0.2, 0) is 4.74 Å². The maximum Gasteiger partial charge on any atom is 0.411 e. The average Bonchev–Trinajstić information content (AvgIpc) is 2.47. The Balaban J connectivity index is 1.96. The van der Waals surface area contributed by atoms with Crippen molar-refractivity contribution < 1.29 is 17.9 Å². The number of benzene rings is 2. The molecule has 0 aromatic heterocycles. The van der Waals surface area contributed by atoms with E-state index in [0.717, 1.165) is 16.7 Å². The predicted octanol–water partition coefficient (Wildman–Crippen LogP) is 3.93. The minimum atomic E-state index is -4.32. The van der Waals surface area contributed by atoms with E-state index in [1.165, 1.54) is 0 Å². The van der Waals surface area contributed by atoms with Crippen LogP contribution in [-0.4, -0.2) is 19.4 Å². The Bertz CT molecular complexity index is 552. The lowest BCUT2D eigenvalue weighted by atomic mass is 10.0. The normalized spacial score (nSPS) is 13.1. The third-order valence-electron chi connectivity index (χ3n) is 3.01. The highest BCUT2D eigenvalue weighted by Crippen LogP contribution is 2.22. The highest BCUT2D eigenvalue weighted by Gasteiger charge is 2.27. The summed E-state index contributed by atoms with van der Waals surface area (Å²) in [6.45, 7) is -1.44. The van der Waals surface area contributed by atoms with E-state index in [4.69, 9.17) is 5.73 Å². The van der Waals surface area contributed by atoms with Crippen molar-refractivity contribution in [1.29, 1.82) is 0 Å². The molecule has 0 aliphatic rings. The third kappa shape index (κ3) is 4.88. The molecule has 1 atom stereocenters. The molecular weight excluding hydrogens is 279 g/mol. The van der Waals surface area contributed by atoms with Crippen LogP contribution >= 0.6 is 0 Å². The summed E-state index contributed by atoms with van der Waals surface area (Å²) in [4.78, 5) is 0. The van der Waals surface area contributed by atoms with Crippen molar-refractivity contribution in [2.75, 3.05) is 13.2 Å². The topological polar surface area (TPSA) is 35.2 Å². The molecule has 0 fully saturated rings. The molecule has 1 unspecified atom stereocenters. The molecule has 2 aromatic carbocycles. The van der Waals surface area contributed by atoms with E-state index in [2.05, 4.69) is 4.74 Å². The van der Waals surface area contributed by atoms with E-state index in [9.17, 15) is 13.2 Å². The number of hydrogen-bond donors (Lipinski definition) is 1. The van der Waals surface area contributed by atoms with E-state index in [-0.39, 0.29) is 6.61 Å². The second-order valence-electron chi connectivity index (χ2n) is 4.72. The molecule has 0 saturated carbocycles. The van der Waals surface area contributed by atoms with Gasteiger partial charge in [0, 0.05) is 0 Å². The average molecular weight is 295 g/mol. The second kappa shape index (κ2) is 6.74. The van der Waals surface area contributed by atoms with Crippen LogP contribution in [0.4, 0.5) is 13.2 Å². The molecule has 0 heterocycles. The van der Waals surface area contributed by atoms with Crippen LogP contribution in [0.3, 0.4) is 0 Å². The fourth-order valence-electron chi connectivity index (χ4n) is 1.95. The van der Waals surface area contributed by atoms with E-state index in [0.29, 0.717) is 0 Å². The van der Waals surface area contributed by atoms with Crippen LogP contribution in [0.2, 0.25) is 0 Å². The minimum Gasteiger partial charge on any atom is -0.370 e. The van der Waals surface area contributed by atoms with E-state index in [1.807, 2.05) is 54.6 Å². The summed E-state index contributed by atoms with van der Waals surface area (Å²) < 4.78 is 40.5. The number of hydrogen-bond acceptors (Lipinski definition) is 2. The van der Waals surface area contributed by atoms with Gasteiger partial charge in [0.25, 0.3) is 0 Å². The van der Waals surface area contributed by atoms with Crippen molar-refractivity contribution >= 4 is 0 Å². The maximum atomic E-state index is 12.0. The lowest BCUT2D eigenvalue weighted by Gasteiger charge is -2.14. The first-order valence-corrected chi connectivity index (χ1v) is 6.51. The van der Waals surface area contributed by atoms with Gasteiger partial charge in [-0.05, 0) is 16.7 Å². The molecule has 0 spiro atoms. The van der Waals surface area contributed by atoms with Crippen molar-refractivity contribution in [3.8, 4) is 11.1 Å². The fourth-order valence-corrected chi connectivity index (χ4v) is 1.95. The Kier molecular flexibility index (Phi) is 4.98. The van der Waals surface area contributed by atoms with Crippen LogP contribution < -0.4 is 5.73 Å². The molecule has 112 valence electrons. The molecule has 2 rings (SSSR count). The van der Waals surface area contributed by atoms with Gasteiger partial charge in [-0.15, -0.1) is 0 Å². The quantitative estimate of drug-likeness (QED) is 0.907. The molecule has 21 heavy (non-hydrogen) atoms. The van der Waals surface area contributed by atoms with E-state index in [1.54, 1.807) is 0 Å². The Morgan fingerprint density at radius 3 is 2.05 bits per heavy atom. The van der Waals surface area contributed by atoms with Crippen molar-refractivity contribution in [1.82, 2.24) is 0 Å².